The van der Waals surface area contributed by atoms with Gasteiger partial charge in [-0.3, -0.25) is 4.90 Å². The van der Waals surface area contributed by atoms with Crippen LogP contribution in [0.25, 0.3) is 5.69 Å². The Morgan fingerprint density at radius 3 is 2.76 bits per heavy atom. The molecule has 1 fully saturated rings. The van der Waals surface area contributed by atoms with Crippen molar-refractivity contribution in [3.63, 3.8) is 0 Å². The van der Waals surface area contributed by atoms with Crippen LogP contribution in [0.1, 0.15) is 24.4 Å². The fourth-order valence-electron chi connectivity index (χ4n) is 3.75. The van der Waals surface area contributed by atoms with E-state index in [1.165, 1.54) is 16.8 Å². The number of halogens is 1. The van der Waals surface area contributed by atoms with Crippen LogP contribution in [0.5, 0.6) is 11.5 Å². The predicted molar refractivity (Wildman–Crippen MR) is 108 cm³/mol. The van der Waals surface area contributed by atoms with Crippen LogP contribution >= 0.6 is 12.2 Å². The standard InChI is InChI=1S/C20H22FN5O2S/c1-27-16-8-9-19(28-2)17(12-16)18-7-4-10-24(18)13-25-20(29)26(23-22-25)15-6-3-5-14(21)11-15/h3,5-6,8-9,11-12,18H,4,7,10,13H2,1-2H3/t18-/m1/s1. The Labute approximate surface area is 173 Å². The van der Waals surface area contributed by atoms with E-state index in [9.17, 15) is 4.39 Å². The van der Waals surface area contributed by atoms with Crippen molar-refractivity contribution in [1.29, 1.82) is 0 Å². The molecule has 0 amide bonds. The van der Waals surface area contributed by atoms with Gasteiger partial charge in [0.2, 0.25) is 4.77 Å². The summed E-state index contributed by atoms with van der Waals surface area (Å²) in [6.07, 6.45) is 2.05. The molecule has 1 saturated heterocycles. The summed E-state index contributed by atoms with van der Waals surface area (Å²) in [4.78, 5) is 2.29. The van der Waals surface area contributed by atoms with Crippen molar-refractivity contribution in [2.24, 2.45) is 0 Å². The predicted octanol–water partition coefficient (Wildman–Crippen LogP) is 3.75. The highest BCUT2D eigenvalue weighted by molar-refractivity contribution is 7.71. The Hall–Kier alpha value is -2.78. The van der Waals surface area contributed by atoms with Gasteiger partial charge in [-0.1, -0.05) is 6.07 Å². The first-order valence-corrected chi connectivity index (χ1v) is 9.76. The number of aromatic nitrogens is 4. The van der Waals surface area contributed by atoms with Gasteiger partial charge in [-0.2, -0.15) is 4.68 Å². The lowest BCUT2D eigenvalue weighted by molar-refractivity contribution is 0.185. The lowest BCUT2D eigenvalue weighted by atomic mass is 10.0. The molecule has 1 aromatic heterocycles. The fourth-order valence-corrected chi connectivity index (χ4v) is 3.99. The van der Waals surface area contributed by atoms with Gasteiger partial charge >= 0.3 is 0 Å². The third-order valence-electron chi connectivity index (χ3n) is 5.17. The second kappa shape index (κ2) is 8.30. The van der Waals surface area contributed by atoms with Crippen molar-refractivity contribution in [2.45, 2.75) is 25.6 Å². The number of hydrogen-bond acceptors (Lipinski definition) is 6. The van der Waals surface area contributed by atoms with Gasteiger partial charge in [0.05, 0.1) is 26.6 Å². The molecule has 152 valence electrons. The molecule has 7 nitrogen and oxygen atoms in total. The summed E-state index contributed by atoms with van der Waals surface area (Å²) in [5.74, 6) is 1.28. The average Bonchev–Trinajstić information content (AvgIpc) is 3.34. The molecule has 0 aliphatic carbocycles. The van der Waals surface area contributed by atoms with E-state index in [1.54, 1.807) is 31.0 Å². The average molecular weight is 415 g/mol. The monoisotopic (exact) mass is 415 g/mol. The molecule has 0 unspecified atom stereocenters. The number of hydrogen-bond donors (Lipinski definition) is 0. The molecular weight excluding hydrogens is 393 g/mol. The van der Waals surface area contributed by atoms with Gasteiger partial charge in [0.25, 0.3) is 0 Å². The van der Waals surface area contributed by atoms with Gasteiger partial charge in [-0.25, -0.2) is 9.07 Å². The summed E-state index contributed by atoms with van der Waals surface area (Å²) in [6, 6.07) is 12.1. The van der Waals surface area contributed by atoms with Crippen molar-refractivity contribution >= 4 is 12.2 Å². The summed E-state index contributed by atoms with van der Waals surface area (Å²) in [6.45, 7) is 1.39. The molecule has 1 aliphatic heterocycles. The zero-order chi connectivity index (χ0) is 20.4. The van der Waals surface area contributed by atoms with Crippen molar-refractivity contribution in [3.8, 4) is 17.2 Å². The topological polar surface area (TPSA) is 57.3 Å². The van der Waals surface area contributed by atoms with E-state index in [0.717, 1.165) is 36.4 Å². The highest BCUT2D eigenvalue weighted by Gasteiger charge is 2.29. The Kier molecular flexibility index (Phi) is 5.59. The van der Waals surface area contributed by atoms with Gasteiger partial charge in [0.1, 0.15) is 17.3 Å². The molecule has 4 rings (SSSR count). The minimum absolute atomic E-state index is 0.154. The first kappa shape index (κ1) is 19.5. The molecule has 29 heavy (non-hydrogen) atoms. The van der Waals surface area contributed by atoms with E-state index >= 15 is 0 Å². The Morgan fingerprint density at radius 2 is 2.00 bits per heavy atom. The number of methoxy groups -OCH3 is 2. The second-order valence-electron chi connectivity index (χ2n) is 6.87. The van der Waals surface area contributed by atoms with Gasteiger partial charge in [-0.15, -0.1) is 0 Å². The van der Waals surface area contributed by atoms with Gasteiger partial charge in [-0.05, 0) is 71.9 Å². The van der Waals surface area contributed by atoms with Crippen LogP contribution in [-0.4, -0.2) is 45.5 Å². The summed E-state index contributed by atoms with van der Waals surface area (Å²) >= 11 is 5.54. The highest BCUT2D eigenvalue weighted by atomic mass is 32.1. The first-order valence-electron chi connectivity index (χ1n) is 9.35. The number of rotatable bonds is 6. The Morgan fingerprint density at radius 1 is 1.14 bits per heavy atom. The van der Waals surface area contributed by atoms with E-state index in [-0.39, 0.29) is 11.9 Å². The van der Waals surface area contributed by atoms with Crippen LogP contribution < -0.4 is 9.47 Å². The zero-order valence-corrected chi connectivity index (χ0v) is 17.1. The zero-order valence-electron chi connectivity index (χ0n) is 16.3. The van der Waals surface area contributed by atoms with Crippen LogP contribution in [0.4, 0.5) is 4.39 Å². The first-order chi connectivity index (χ1) is 14.1. The molecular formula is C20H22FN5O2S. The molecule has 3 aromatic rings. The molecule has 9 heteroatoms. The van der Waals surface area contributed by atoms with Crippen LogP contribution in [0, 0.1) is 10.6 Å². The SMILES string of the molecule is COc1ccc(OC)c([C@H]2CCCN2Cn2nnn(-c3cccc(F)c3)c2=S)c1. The van der Waals surface area contributed by atoms with Crippen molar-refractivity contribution < 1.29 is 13.9 Å². The maximum absolute atomic E-state index is 13.6. The maximum Gasteiger partial charge on any atom is 0.221 e. The van der Waals surface area contributed by atoms with Crippen LogP contribution in [0.3, 0.4) is 0 Å². The molecule has 0 saturated carbocycles. The minimum atomic E-state index is -0.344. The summed E-state index contributed by atoms with van der Waals surface area (Å²) < 4.78 is 28.1. The molecule has 0 radical (unpaired) electrons. The molecule has 2 heterocycles. The van der Waals surface area contributed by atoms with E-state index in [1.807, 2.05) is 18.2 Å². The fraction of sp³-hybridized carbons (Fsp3) is 0.350. The third-order valence-corrected chi connectivity index (χ3v) is 5.55. The number of ether oxygens (including phenoxy) is 2. The number of likely N-dealkylation sites (tertiary alicyclic amines) is 1. The Balaban J connectivity index is 1.61. The number of nitrogens with zero attached hydrogens (tertiary/aromatic N) is 5. The lowest BCUT2D eigenvalue weighted by Gasteiger charge is -2.26. The summed E-state index contributed by atoms with van der Waals surface area (Å²) in [5, 5.41) is 8.31. The van der Waals surface area contributed by atoms with Gasteiger partial charge in [0.15, 0.2) is 0 Å². The highest BCUT2D eigenvalue weighted by Crippen LogP contribution is 2.39. The van der Waals surface area contributed by atoms with E-state index in [0.29, 0.717) is 17.1 Å². The summed E-state index contributed by atoms with van der Waals surface area (Å²) in [7, 11) is 3.33. The van der Waals surface area contributed by atoms with Crippen molar-refractivity contribution in [3.05, 3.63) is 58.6 Å². The molecule has 2 aromatic carbocycles. The molecule has 0 bridgehead atoms. The molecule has 0 N–H and O–H groups in total. The van der Waals surface area contributed by atoms with Gasteiger partial charge in [0, 0.05) is 18.2 Å². The van der Waals surface area contributed by atoms with Crippen molar-refractivity contribution in [1.82, 2.24) is 24.7 Å². The van der Waals surface area contributed by atoms with E-state index in [2.05, 4.69) is 15.3 Å². The van der Waals surface area contributed by atoms with Crippen LogP contribution in [0.2, 0.25) is 0 Å². The van der Waals surface area contributed by atoms with E-state index < -0.39 is 0 Å². The minimum Gasteiger partial charge on any atom is -0.497 e. The largest absolute Gasteiger partial charge is 0.497 e. The lowest BCUT2D eigenvalue weighted by Crippen LogP contribution is -2.27. The summed E-state index contributed by atoms with van der Waals surface area (Å²) in [5.41, 5.74) is 1.63. The molecule has 1 atom stereocenters. The number of tetrazole rings is 1. The smallest absolute Gasteiger partial charge is 0.221 e. The van der Waals surface area contributed by atoms with Gasteiger partial charge < -0.3 is 9.47 Å². The number of benzene rings is 2. The van der Waals surface area contributed by atoms with Crippen LogP contribution in [0.15, 0.2) is 42.5 Å². The normalized spacial score (nSPS) is 16.9. The molecule has 0 spiro atoms. The quantitative estimate of drug-likeness (QED) is 0.572. The second-order valence-corrected chi connectivity index (χ2v) is 7.24. The van der Waals surface area contributed by atoms with E-state index in [4.69, 9.17) is 21.7 Å². The Bertz CT molecular complexity index is 1070. The van der Waals surface area contributed by atoms with Crippen LogP contribution in [-0.2, 0) is 6.67 Å². The van der Waals surface area contributed by atoms with Crippen molar-refractivity contribution in [2.75, 3.05) is 20.8 Å². The molecule has 1 aliphatic rings. The third kappa shape index (κ3) is 3.88. The maximum atomic E-state index is 13.6.